The van der Waals surface area contributed by atoms with Crippen molar-refractivity contribution in [2.24, 2.45) is 5.73 Å². The van der Waals surface area contributed by atoms with Crippen LogP contribution in [0.1, 0.15) is 6.92 Å². The maximum Gasteiger partial charge on any atom is 0.181 e. The highest BCUT2D eigenvalue weighted by molar-refractivity contribution is 5.96. The van der Waals surface area contributed by atoms with Crippen molar-refractivity contribution >= 4 is 5.78 Å². The van der Waals surface area contributed by atoms with E-state index in [2.05, 4.69) is 0 Å². The standard InChI is InChI=1S/C6H10N2O/c1-4-5(9)3-6(7)8(4)2/h3-4H,7H2,1-2H3. The van der Waals surface area contributed by atoms with E-state index in [0.717, 1.165) is 0 Å². The molecule has 0 spiro atoms. The first-order valence-electron chi connectivity index (χ1n) is 2.87. The third-order valence-electron chi connectivity index (χ3n) is 1.69. The van der Waals surface area contributed by atoms with E-state index in [1.807, 2.05) is 6.92 Å². The number of hydrogen-bond acceptors (Lipinski definition) is 3. The minimum Gasteiger partial charge on any atom is -0.385 e. The van der Waals surface area contributed by atoms with E-state index < -0.39 is 0 Å². The number of likely N-dealkylation sites (N-methyl/N-ethyl adjacent to an activating group) is 1. The second-order valence-electron chi connectivity index (χ2n) is 2.26. The Morgan fingerprint density at radius 1 is 1.78 bits per heavy atom. The summed E-state index contributed by atoms with van der Waals surface area (Å²) in [5.74, 6) is 0.655. The smallest absolute Gasteiger partial charge is 0.181 e. The van der Waals surface area contributed by atoms with E-state index in [9.17, 15) is 4.79 Å². The van der Waals surface area contributed by atoms with Crippen molar-refractivity contribution < 1.29 is 4.79 Å². The van der Waals surface area contributed by atoms with Crippen molar-refractivity contribution in [2.45, 2.75) is 13.0 Å². The molecule has 0 saturated carbocycles. The molecule has 1 atom stereocenters. The van der Waals surface area contributed by atoms with Crippen molar-refractivity contribution in [3.63, 3.8) is 0 Å². The third kappa shape index (κ3) is 0.781. The second-order valence-corrected chi connectivity index (χ2v) is 2.26. The molecular formula is C6H10N2O. The van der Waals surface area contributed by atoms with E-state index in [1.54, 1.807) is 11.9 Å². The molecule has 0 saturated heterocycles. The normalized spacial score (nSPS) is 26.9. The Bertz CT molecular complexity index is 174. The Morgan fingerprint density at radius 2 is 2.33 bits per heavy atom. The largest absolute Gasteiger partial charge is 0.385 e. The van der Waals surface area contributed by atoms with E-state index in [0.29, 0.717) is 5.82 Å². The molecule has 0 bridgehead atoms. The Morgan fingerprint density at radius 3 is 2.44 bits per heavy atom. The molecule has 1 aliphatic heterocycles. The van der Waals surface area contributed by atoms with Gasteiger partial charge in [0.2, 0.25) is 0 Å². The monoisotopic (exact) mass is 126 g/mol. The molecule has 0 aromatic rings. The van der Waals surface area contributed by atoms with Crippen molar-refractivity contribution in [1.29, 1.82) is 0 Å². The van der Waals surface area contributed by atoms with Crippen LogP contribution in [0.5, 0.6) is 0 Å². The first-order chi connectivity index (χ1) is 4.13. The number of nitrogens with zero attached hydrogens (tertiary/aromatic N) is 1. The van der Waals surface area contributed by atoms with Crippen molar-refractivity contribution in [2.75, 3.05) is 7.05 Å². The van der Waals surface area contributed by atoms with Gasteiger partial charge in [-0.3, -0.25) is 4.79 Å². The molecule has 0 aromatic carbocycles. The molecule has 1 heterocycles. The van der Waals surface area contributed by atoms with Crippen molar-refractivity contribution in [3.05, 3.63) is 11.9 Å². The van der Waals surface area contributed by atoms with Crippen LogP contribution in [0.15, 0.2) is 11.9 Å². The summed E-state index contributed by atoms with van der Waals surface area (Å²) in [7, 11) is 1.81. The maximum atomic E-state index is 10.8. The molecule has 1 rings (SSSR count). The van der Waals surface area contributed by atoms with E-state index in [-0.39, 0.29) is 11.8 Å². The van der Waals surface area contributed by atoms with Crippen LogP contribution in [0.25, 0.3) is 0 Å². The molecule has 0 fully saturated rings. The Balaban J connectivity index is 2.82. The Kier molecular flexibility index (Phi) is 1.20. The number of rotatable bonds is 0. The summed E-state index contributed by atoms with van der Waals surface area (Å²) < 4.78 is 0. The van der Waals surface area contributed by atoms with Gasteiger partial charge in [-0.25, -0.2) is 0 Å². The van der Waals surface area contributed by atoms with Crippen LogP contribution < -0.4 is 5.73 Å². The zero-order valence-corrected chi connectivity index (χ0v) is 5.59. The van der Waals surface area contributed by atoms with E-state index >= 15 is 0 Å². The lowest BCUT2D eigenvalue weighted by atomic mass is 10.2. The fourth-order valence-electron chi connectivity index (χ4n) is 0.783. The number of hydrogen-bond donors (Lipinski definition) is 1. The molecule has 3 nitrogen and oxygen atoms in total. The fraction of sp³-hybridized carbons (Fsp3) is 0.500. The number of nitrogens with two attached hydrogens (primary N) is 1. The van der Waals surface area contributed by atoms with Crippen molar-refractivity contribution in [3.8, 4) is 0 Å². The molecule has 2 N–H and O–H groups in total. The average molecular weight is 126 g/mol. The lowest BCUT2D eigenvalue weighted by Gasteiger charge is -2.16. The molecular weight excluding hydrogens is 116 g/mol. The predicted octanol–water partition coefficient (Wildman–Crippen LogP) is -0.310. The van der Waals surface area contributed by atoms with Crippen LogP contribution in [0.4, 0.5) is 0 Å². The number of ketones is 1. The van der Waals surface area contributed by atoms with E-state index in [1.165, 1.54) is 6.08 Å². The highest BCUT2D eigenvalue weighted by Crippen LogP contribution is 2.10. The SMILES string of the molecule is CC1C(=O)C=C(N)N1C. The number of carbonyl (C=O) groups excluding carboxylic acids is 1. The summed E-state index contributed by atoms with van der Waals surface area (Å²) in [6.07, 6.45) is 1.46. The van der Waals surface area contributed by atoms with Crippen LogP contribution >= 0.6 is 0 Å². The first kappa shape index (κ1) is 6.13. The summed E-state index contributed by atoms with van der Waals surface area (Å²) in [5, 5.41) is 0. The molecule has 3 heteroatoms. The van der Waals surface area contributed by atoms with Crippen LogP contribution in [0.3, 0.4) is 0 Å². The maximum absolute atomic E-state index is 10.8. The molecule has 1 aliphatic rings. The average Bonchev–Trinajstić information content (AvgIpc) is 1.98. The zero-order valence-electron chi connectivity index (χ0n) is 5.59. The third-order valence-corrected chi connectivity index (χ3v) is 1.69. The van der Waals surface area contributed by atoms with E-state index in [4.69, 9.17) is 5.73 Å². The van der Waals surface area contributed by atoms with Crippen molar-refractivity contribution in [1.82, 2.24) is 4.90 Å². The van der Waals surface area contributed by atoms with Crippen LogP contribution in [-0.4, -0.2) is 23.8 Å². The first-order valence-corrected chi connectivity index (χ1v) is 2.87. The summed E-state index contributed by atoms with van der Waals surface area (Å²) in [6, 6.07) is -0.0648. The Labute approximate surface area is 54.1 Å². The quantitative estimate of drug-likeness (QED) is 0.484. The lowest BCUT2D eigenvalue weighted by Crippen LogP contribution is -2.29. The molecule has 0 radical (unpaired) electrons. The molecule has 50 valence electrons. The molecule has 1 unspecified atom stereocenters. The van der Waals surface area contributed by atoms with Gasteiger partial charge in [-0.05, 0) is 6.92 Å². The van der Waals surface area contributed by atoms with Crippen LogP contribution in [-0.2, 0) is 4.79 Å². The minimum atomic E-state index is -0.0648. The molecule has 0 amide bonds. The predicted molar refractivity (Wildman–Crippen MR) is 34.5 cm³/mol. The van der Waals surface area contributed by atoms with Crippen LogP contribution in [0.2, 0.25) is 0 Å². The molecule has 0 aromatic heterocycles. The highest BCUT2D eigenvalue weighted by Gasteiger charge is 2.23. The van der Waals surface area contributed by atoms with Gasteiger partial charge in [0.15, 0.2) is 5.78 Å². The minimum absolute atomic E-state index is 0.0648. The van der Waals surface area contributed by atoms with Gasteiger partial charge in [-0.1, -0.05) is 0 Å². The van der Waals surface area contributed by atoms with Gasteiger partial charge in [0.05, 0.1) is 6.04 Å². The summed E-state index contributed by atoms with van der Waals surface area (Å²) in [6.45, 7) is 1.83. The molecule has 0 aliphatic carbocycles. The van der Waals surface area contributed by atoms with Gasteiger partial charge in [-0.2, -0.15) is 0 Å². The van der Waals surface area contributed by atoms with Gasteiger partial charge in [-0.15, -0.1) is 0 Å². The highest BCUT2D eigenvalue weighted by atomic mass is 16.1. The zero-order chi connectivity index (χ0) is 7.02. The van der Waals surface area contributed by atoms with Gasteiger partial charge < -0.3 is 10.6 Å². The van der Waals surface area contributed by atoms with Gasteiger partial charge >= 0.3 is 0 Å². The van der Waals surface area contributed by atoms with Gasteiger partial charge in [0.25, 0.3) is 0 Å². The second kappa shape index (κ2) is 1.76. The Hall–Kier alpha value is -0.990. The summed E-state index contributed by atoms with van der Waals surface area (Å²) in [4.78, 5) is 12.5. The van der Waals surface area contributed by atoms with Gasteiger partial charge in [0.1, 0.15) is 5.82 Å². The fourth-order valence-corrected chi connectivity index (χ4v) is 0.783. The molecule has 9 heavy (non-hydrogen) atoms. The number of carbonyl (C=O) groups is 1. The van der Waals surface area contributed by atoms with Gasteiger partial charge in [0, 0.05) is 13.1 Å². The summed E-state index contributed by atoms with van der Waals surface area (Å²) in [5.41, 5.74) is 5.43. The van der Waals surface area contributed by atoms with Crippen LogP contribution in [0, 0.1) is 0 Å². The lowest BCUT2D eigenvalue weighted by molar-refractivity contribution is -0.116. The topological polar surface area (TPSA) is 46.3 Å². The summed E-state index contributed by atoms with van der Waals surface area (Å²) >= 11 is 0.